The van der Waals surface area contributed by atoms with Crippen molar-refractivity contribution in [3.05, 3.63) is 191 Å². The molecule has 63 heavy (non-hydrogen) atoms. The predicted octanol–water partition coefficient (Wildman–Crippen LogP) is 11.3. The Balaban J connectivity index is 1.12. The molecule has 8 heteroatoms. The van der Waals surface area contributed by atoms with Gasteiger partial charge in [-0.2, -0.15) is 0 Å². The van der Waals surface area contributed by atoms with Gasteiger partial charge in [0.2, 0.25) is 5.79 Å². The standard InChI is InChI=1S/C55H60O6P2/c1-37-51(58-33-41-21-11-7-12-22-41)52(59-34-42-23-13-8-14-24-42)38(2)62(37)47-31-19-29-45-49(47)50-46(55(45,56-5)57-6)30-20-32-48(50)63-39(3)53(60-35-43-25-15-9-16-26-43)54(40(63)4)61-36-44-27-17-10-18-28-44/h7-32,37-40,51-54H,33-36H2,1-6H3/t37-,38-,39-,40?,51+,52+,53+,54+,63?/m0/s1. The molecule has 3 aliphatic rings. The lowest BCUT2D eigenvalue weighted by molar-refractivity contribution is -0.180. The average molecular weight is 879 g/mol. The van der Waals surface area contributed by atoms with Crippen LogP contribution < -0.4 is 10.6 Å². The molecule has 0 N–H and O–H groups in total. The summed E-state index contributed by atoms with van der Waals surface area (Å²) < 4.78 is 41.1. The maximum atomic E-state index is 6.98. The molecule has 0 aromatic heterocycles. The molecular formula is C55H60O6P2. The number of methoxy groups -OCH3 is 2. The third-order valence-electron chi connectivity index (χ3n) is 13.6. The van der Waals surface area contributed by atoms with Gasteiger partial charge < -0.3 is 28.4 Å². The fourth-order valence-corrected chi connectivity index (χ4v) is 17.6. The van der Waals surface area contributed by atoms with Gasteiger partial charge in [-0.3, -0.25) is 0 Å². The summed E-state index contributed by atoms with van der Waals surface area (Å²) in [5.41, 5.74) is 10.1. The Morgan fingerprint density at radius 1 is 0.365 bits per heavy atom. The second kappa shape index (κ2) is 19.6. The first-order chi connectivity index (χ1) is 30.8. The number of ether oxygens (including phenoxy) is 6. The molecule has 1 aliphatic carbocycles. The van der Waals surface area contributed by atoms with Crippen molar-refractivity contribution in [2.75, 3.05) is 14.2 Å². The van der Waals surface area contributed by atoms with E-state index in [0.717, 1.165) is 11.1 Å². The minimum atomic E-state index is -1.06. The van der Waals surface area contributed by atoms with Crippen LogP contribution in [0.25, 0.3) is 11.1 Å². The van der Waals surface area contributed by atoms with Crippen LogP contribution in [-0.4, -0.2) is 61.3 Å². The van der Waals surface area contributed by atoms with E-state index < -0.39 is 21.6 Å². The molecule has 0 amide bonds. The van der Waals surface area contributed by atoms with Gasteiger partial charge in [-0.05, 0) is 44.0 Å². The second-order valence-electron chi connectivity index (χ2n) is 17.2. The Morgan fingerprint density at radius 2 is 0.635 bits per heavy atom. The van der Waals surface area contributed by atoms with Gasteiger partial charge in [0.25, 0.3) is 0 Å². The fraction of sp³-hybridized carbons (Fsp3) is 0.345. The Bertz CT molecular complexity index is 2140. The molecule has 326 valence electrons. The van der Waals surface area contributed by atoms with Gasteiger partial charge >= 0.3 is 0 Å². The molecular weight excluding hydrogens is 819 g/mol. The zero-order valence-corrected chi connectivity index (χ0v) is 39.1. The topological polar surface area (TPSA) is 55.4 Å². The normalized spacial score (nSPS) is 27.0. The summed E-state index contributed by atoms with van der Waals surface area (Å²) >= 11 is 0. The first kappa shape index (κ1) is 44.2. The molecule has 2 saturated heterocycles. The minimum Gasteiger partial charge on any atom is -0.370 e. The van der Waals surface area contributed by atoms with Crippen molar-refractivity contribution in [1.82, 2.24) is 0 Å². The predicted molar refractivity (Wildman–Crippen MR) is 258 cm³/mol. The van der Waals surface area contributed by atoms with Crippen molar-refractivity contribution < 1.29 is 28.4 Å². The van der Waals surface area contributed by atoms with Crippen LogP contribution in [0, 0.1) is 0 Å². The third kappa shape index (κ3) is 8.51. The summed E-state index contributed by atoms with van der Waals surface area (Å²) in [6.45, 7) is 11.7. The van der Waals surface area contributed by atoms with Crippen LogP contribution in [0.2, 0.25) is 0 Å². The van der Waals surface area contributed by atoms with Crippen molar-refractivity contribution in [1.29, 1.82) is 0 Å². The van der Waals surface area contributed by atoms with Crippen LogP contribution in [0.4, 0.5) is 0 Å². The van der Waals surface area contributed by atoms with E-state index in [1.54, 1.807) is 14.2 Å². The zero-order valence-electron chi connectivity index (χ0n) is 37.3. The summed E-state index contributed by atoms with van der Waals surface area (Å²) in [5.74, 6) is -1.06. The van der Waals surface area contributed by atoms with Crippen LogP contribution in [0.15, 0.2) is 158 Å². The molecule has 9 rings (SSSR count). The highest BCUT2D eigenvalue weighted by Gasteiger charge is 2.55. The molecule has 0 spiro atoms. The molecule has 2 aliphatic heterocycles. The highest BCUT2D eigenvalue weighted by molar-refractivity contribution is 7.68. The van der Waals surface area contributed by atoms with Crippen LogP contribution in [0.1, 0.15) is 61.1 Å². The van der Waals surface area contributed by atoms with Crippen molar-refractivity contribution in [2.45, 2.75) is 107 Å². The molecule has 9 atom stereocenters. The molecule has 6 aromatic carbocycles. The maximum absolute atomic E-state index is 6.98. The van der Waals surface area contributed by atoms with Crippen LogP contribution in [0.3, 0.4) is 0 Å². The monoisotopic (exact) mass is 878 g/mol. The maximum Gasteiger partial charge on any atom is 0.223 e. The van der Waals surface area contributed by atoms with Crippen LogP contribution >= 0.6 is 15.8 Å². The highest BCUT2D eigenvalue weighted by atomic mass is 31.1. The summed E-state index contributed by atoms with van der Waals surface area (Å²) in [5, 5.41) is 2.71. The van der Waals surface area contributed by atoms with Gasteiger partial charge in [0, 0.05) is 48.0 Å². The van der Waals surface area contributed by atoms with E-state index in [4.69, 9.17) is 28.4 Å². The molecule has 0 radical (unpaired) electrons. The third-order valence-corrected chi connectivity index (χ3v) is 20.2. The Hall–Kier alpha value is -4.06. The first-order valence-electron chi connectivity index (χ1n) is 22.4. The Labute approximate surface area is 376 Å². The number of benzene rings is 6. The van der Waals surface area contributed by atoms with E-state index in [0.29, 0.717) is 26.4 Å². The molecule has 2 heterocycles. The van der Waals surface area contributed by atoms with Crippen molar-refractivity contribution >= 4 is 26.5 Å². The number of fused-ring (bicyclic) bond motifs is 3. The summed E-state index contributed by atoms with van der Waals surface area (Å²) in [6, 6.07) is 55.6. The van der Waals surface area contributed by atoms with E-state index >= 15 is 0 Å². The van der Waals surface area contributed by atoms with E-state index in [-0.39, 0.29) is 47.1 Å². The molecule has 6 nitrogen and oxygen atoms in total. The lowest BCUT2D eigenvalue weighted by atomic mass is 10.0. The van der Waals surface area contributed by atoms with E-state index in [1.165, 1.54) is 44.0 Å². The molecule has 6 aromatic rings. The zero-order chi connectivity index (χ0) is 43.5. The van der Waals surface area contributed by atoms with E-state index in [9.17, 15) is 0 Å². The lowest BCUT2D eigenvalue weighted by Gasteiger charge is -2.30. The van der Waals surface area contributed by atoms with E-state index in [1.807, 2.05) is 0 Å². The summed E-state index contributed by atoms with van der Waals surface area (Å²) in [7, 11) is 1.94. The Kier molecular flexibility index (Phi) is 13.7. The number of hydrogen-bond acceptors (Lipinski definition) is 6. The van der Waals surface area contributed by atoms with Gasteiger partial charge in [-0.15, -0.1) is 0 Å². The van der Waals surface area contributed by atoms with E-state index in [2.05, 4.69) is 185 Å². The van der Waals surface area contributed by atoms with Gasteiger partial charge in [0.05, 0.1) is 50.8 Å². The van der Waals surface area contributed by atoms with Crippen molar-refractivity contribution in [3.63, 3.8) is 0 Å². The first-order valence-corrected chi connectivity index (χ1v) is 25.4. The highest BCUT2D eigenvalue weighted by Crippen LogP contribution is 2.63. The van der Waals surface area contributed by atoms with Gasteiger partial charge in [-0.25, -0.2) is 0 Å². The fourth-order valence-electron chi connectivity index (χ4n) is 10.6. The minimum absolute atomic E-state index is 0.0964. The van der Waals surface area contributed by atoms with Crippen molar-refractivity contribution in [2.24, 2.45) is 0 Å². The summed E-state index contributed by atoms with van der Waals surface area (Å²) in [6.07, 6.45) is -0.386. The average Bonchev–Trinajstić information content (AvgIpc) is 3.86. The summed E-state index contributed by atoms with van der Waals surface area (Å²) in [4.78, 5) is 0. The van der Waals surface area contributed by atoms with Gasteiger partial charge in [0.15, 0.2) is 0 Å². The molecule has 0 saturated carbocycles. The smallest absolute Gasteiger partial charge is 0.223 e. The van der Waals surface area contributed by atoms with Gasteiger partial charge in [0.1, 0.15) is 0 Å². The molecule has 0 bridgehead atoms. The van der Waals surface area contributed by atoms with Crippen molar-refractivity contribution in [3.8, 4) is 11.1 Å². The quantitative estimate of drug-likeness (QED) is 0.0713. The number of hydrogen-bond donors (Lipinski definition) is 0. The van der Waals surface area contributed by atoms with Crippen LogP contribution in [-0.2, 0) is 60.6 Å². The largest absolute Gasteiger partial charge is 0.370 e. The Morgan fingerprint density at radius 3 is 0.889 bits per heavy atom. The SMILES string of the molecule is COC1(OC)c2cccc(P3C(C)[C@@H](OCc4ccccc4)[C@H](OCc4ccccc4)[C@@H]3C)c2-c2c(P3[C@@H](C)[C@@H](OCc4ccccc4)[C@H](OCc4ccccc4)[C@@H]3C)cccc21. The molecule has 2 fully saturated rings. The second-order valence-corrected chi connectivity index (χ2v) is 23.1. The van der Waals surface area contributed by atoms with Crippen LogP contribution in [0.5, 0.6) is 0 Å². The number of rotatable bonds is 16. The van der Waals surface area contributed by atoms with Gasteiger partial charge in [-0.1, -0.05) is 201 Å². The molecule has 2 unspecified atom stereocenters. The lowest BCUT2D eigenvalue weighted by Crippen LogP contribution is -2.36.